The van der Waals surface area contributed by atoms with E-state index in [1.807, 2.05) is 25.7 Å². The number of anilines is 1. The fraction of sp³-hybridized carbons (Fsp3) is 0.333. The number of aryl methyl sites for hydroxylation is 1. The van der Waals surface area contributed by atoms with E-state index in [0.717, 1.165) is 4.57 Å². The maximum atomic E-state index is 17.2. The zero-order chi connectivity index (χ0) is 32.3. The van der Waals surface area contributed by atoms with Crippen molar-refractivity contribution in [1.29, 1.82) is 0 Å². The van der Waals surface area contributed by atoms with Crippen molar-refractivity contribution in [1.82, 2.24) is 19.4 Å². The molecule has 2 aliphatic heterocycles. The van der Waals surface area contributed by atoms with Gasteiger partial charge in [0.1, 0.15) is 22.8 Å². The molecule has 0 radical (unpaired) electrons. The molecule has 0 spiro atoms. The van der Waals surface area contributed by atoms with Crippen LogP contribution in [0, 0.1) is 18.6 Å². The van der Waals surface area contributed by atoms with Crippen molar-refractivity contribution in [2.45, 2.75) is 52.1 Å². The Labute approximate surface area is 257 Å². The molecule has 6 rings (SSSR count). The summed E-state index contributed by atoms with van der Waals surface area (Å²) >= 11 is 0. The van der Waals surface area contributed by atoms with Crippen molar-refractivity contribution in [3.63, 3.8) is 0 Å². The summed E-state index contributed by atoms with van der Waals surface area (Å²) in [4.78, 5) is 39.2. The monoisotopic (exact) mass is 617 g/mol. The first-order valence-corrected chi connectivity index (χ1v) is 14.7. The molecule has 0 bridgehead atoms. The molecule has 2 aromatic carbocycles. The number of carbonyl (C=O) groups excluding carboxylic acids is 1. The first-order valence-electron chi connectivity index (χ1n) is 14.7. The molecule has 234 valence electrons. The van der Waals surface area contributed by atoms with Crippen LogP contribution in [-0.2, 0) is 4.79 Å². The number of nitrogens with zero attached hydrogens (tertiary/aromatic N) is 5. The molecule has 4 aromatic rings. The second-order valence-electron chi connectivity index (χ2n) is 11.8. The van der Waals surface area contributed by atoms with E-state index in [0.29, 0.717) is 17.7 Å². The summed E-state index contributed by atoms with van der Waals surface area (Å²) in [5.41, 5.74) is -1.04. The summed E-state index contributed by atoms with van der Waals surface area (Å²) in [5, 5.41) is 21.3. The molecule has 1 fully saturated rings. The van der Waals surface area contributed by atoms with Gasteiger partial charge in [0.05, 0.1) is 40.5 Å². The third-order valence-corrected chi connectivity index (χ3v) is 8.56. The van der Waals surface area contributed by atoms with E-state index in [-0.39, 0.29) is 59.7 Å². The van der Waals surface area contributed by atoms with Crippen LogP contribution in [0.15, 0.2) is 47.9 Å². The molecular formula is C33H33F2N5O5. The Morgan fingerprint density at radius 3 is 2.51 bits per heavy atom. The van der Waals surface area contributed by atoms with Gasteiger partial charge in [-0.2, -0.15) is 4.98 Å². The zero-order valence-corrected chi connectivity index (χ0v) is 25.3. The number of aromatic hydroxyl groups is 2. The second kappa shape index (κ2) is 11.2. The van der Waals surface area contributed by atoms with Crippen LogP contribution in [0.4, 0.5) is 14.6 Å². The van der Waals surface area contributed by atoms with E-state index in [9.17, 15) is 19.8 Å². The van der Waals surface area contributed by atoms with Crippen LogP contribution in [0.25, 0.3) is 27.7 Å². The molecule has 2 aliphatic rings. The summed E-state index contributed by atoms with van der Waals surface area (Å²) in [7, 11) is 0. The highest BCUT2D eigenvalue weighted by Gasteiger charge is 2.40. The number of ether oxygens (including phenoxy) is 1. The lowest BCUT2D eigenvalue weighted by Crippen LogP contribution is -2.60. The zero-order valence-electron chi connectivity index (χ0n) is 25.3. The molecule has 2 unspecified atom stereocenters. The molecule has 0 aliphatic carbocycles. The number of carbonyl (C=O) groups is 1. The number of rotatable bonds is 4. The van der Waals surface area contributed by atoms with E-state index < -0.39 is 52.0 Å². The average molecular weight is 618 g/mol. The van der Waals surface area contributed by atoms with Gasteiger partial charge in [0.2, 0.25) is 5.91 Å². The molecule has 4 heterocycles. The lowest BCUT2D eigenvalue weighted by molar-refractivity contribution is -0.127. The molecule has 2 atom stereocenters. The second-order valence-corrected chi connectivity index (χ2v) is 11.8. The third-order valence-electron chi connectivity index (χ3n) is 8.56. The maximum Gasteiger partial charge on any atom is 0.354 e. The summed E-state index contributed by atoms with van der Waals surface area (Å²) < 4.78 is 41.1. The van der Waals surface area contributed by atoms with Crippen LogP contribution in [-0.4, -0.2) is 67.3 Å². The van der Waals surface area contributed by atoms with Crippen LogP contribution >= 0.6 is 0 Å². The Hall–Kier alpha value is -5.00. The van der Waals surface area contributed by atoms with Gasteiger partial charge < -0.3 is 24.7 Å². The number of benzene rings is 2. The Morgan fingerprint density at radius 2 is 1.84 bits per heavy atom. The van der Waals surface area contributed by atoms with E-state index >= 15 is 8.78 Å². The molecule has 10 nitrogen and oxygen atoms in total. The van der Waals surface area contributed by atoms with Crippen LogP contribution in [0.3, 0.4) is 0 Å². The highest BCUT2D eigenvalue weighted by molar-refractivity contribution is 6.01. The predicted octanol–water partition coefficient (Wildman–Crippen LogP) is 4.94. The van der Waals surface area contributed by atoms with Crippen molar-refractivity contribution >= 4 is 22.6 Å². The van der Waals surface area contributed by atoms with Crippen molar-refractivity contribution in [3.05, 3.63) is 76.5 Å². The lowest BCUT2D eigenvalue weighted by Gasteiger charge is -2.47. The first-order chi connectivity index (χ1) is 21.5. The highest BCUT2D eigenvalue weighted by Crippen LogP contribution is 2.49. The van der Waals surface area contributed by atoms with Gasteiger partial charge >= 0.3 is 5.69 Å². The minimum Gasteiger partial charge on any atom is -0.507 e. The Kier molecular flexibility index (Phi) is 7.46. The van der Waals surface area contributed by atoms with Crippen molar-refractivity contribution in [2.24, 2.45) is 0 Å². The Balaban J connectivity index is 1.79. The first kappa shape index (κ1) is 30.0. The minimum absolute atomic E-state index is 0.0163. The molecule has 0 saturated carbocycles. The van der Waals surface area contributed by atoms with E-state index in [4.69, 9.17) is 4.74 Å². The number of phenols is 2. The summed E-state index contributed by atoms with van der Waals surface area (Å²) in [6.45, 7) is 11.5. The van der Waals surface area contributed by atoms with Gasteiger partial charge in [0.15, 0.2) is 17.4 Å². The van der Waals surface area contributed by atoms with Gasteiger partial charge in [-0.15, -0.1) is 0 Å². The average Bonchev–Trinajstić information content (AvgIpc) is 2.98. The Morgan fingerprint density at radius 1 is 1.13 bits per heavy atom. The normalized spacial score (nSPS) is 17.9. The van der Waals surface area contributed by atoms with Crippen LogP contribution in [0.2, 0.25) is 0 Å². The van der Waals surface area contributed by atoms with Crippen LogP contribution in [0.5, 0.6) is 17.2 Å². The van der Waals surface area contributed by atoms with Crippen molar-refractivity contribution in [3.8, 4) is 34.1 Å². The minimum atomic E-state index is -1.20. The van der Waals surface area contributed by atoms with Crippen LogP contribution < -0.4 is 15.3 Å². The third kappa shape index (κ3) is 4.66. The van der Waals surface area contributed by atoms with E-state index in [1.165, 1.54) is 24.3 Å². The Bertz CT molecular complexity index is 1920. The molecule has 1 amide bonds. The highest BCUT2D eigenvalue weighted by atomic mass is 19.1. The number of piperazine rings is 1. The largest absolute Gasteiger partial charge is 0.507 e. The molecule has 12 heteroatoms. The number of pyridine rings is 1. The number of phenolic OH excluding ortho intramolecular Hbond substituents is 2. The SMILES string of the molecule is C=CC(=O)N1CC(C)N2c3nc(=O)n(-c4c(C)ccnc4C(C)C)c4c(F)c(-c5c(O)cccc5O)c(F)c(c34)OCCC2C1. The standard InChI is InChI=1S/C33H33F2N5O5/c1-6-22(43)38-14-18(5)39-19(15-38)11-13-45-31-25-30(26(34)24(27(31)35)23-20(41)8-7-9-21(23)42)40(33(44)37-32(25)39)29-17(4)10-12-36-28(29)16(2)3/h6-10,12,16,18-19,41-42H,1,11,13-15H2,2-5H3. The van der Waals surface area contributed by atoms with E-state index in [1.54, 1.807) is 24.1 Å². The number of halogens is 2. The number of amides is 1. The molecular weight excluding hydrogens is 584 g/mol. The summed E-state index contributed by atoms with van der Waals surface area (Å²) in [6, 6.07) is 4.63. The maximum absolute atomic E-state index is 17.2. The number of fused-ring (bicyclic) bond motifs is 2. The number of aromatic nitrogens is 3. The number of hydrogen-bond donors (Lipinski definition) is 2. The van der Waals surface area contributed by atoms with Crippen molar-refractivity contribution in [2.75, 3.05) is 24.6 Å². The molecule has 2 aromatic heterocycles. The number of hydrogen-bond acceptors (Lipinski definition) is 8. The van der Waals surface area contributed by atoms with Gasteiger partial charge in [0, 0.05) is 31.7 Å². The van der Waals surface area contributed by atoms with Gasteiger partial charge in [-0.25, -0.2) is 13.6 Å². The smallest absolute Gasteiger partial charge is 0.354 e. The summed E-state index contributed by atoms with van der Waals surface area (Å²) in [5.74, 6) is -4.29. The molecule has 1 saturated heterocycles. The fourth-order valence-corrected chi connectivity index (χ4v) is 6.59. The van der Waals surface area contributed by atoms with Gasteiger partial charge in [-0.1, -0.05) is 26.5 Å². The van der Waals surface area contributed by atoms with Gasteiger partial charge in [-0.3, -0.25) is 14.3 Å². The van der Waals surface area contributed by atoms with Gasteiger partial charge in [0.25, 0.3) is 0 Å². The fourth-order valence-electron chi connectivity index (χ4n) is 6.59. The van der Waals surface area contributed by atoms with Gasteiger partial charge in [-0.05, 0) is 49.6 Å². The summed E-state index contributed by atoms with van der Waals surface area (Å²) in [6.07, 6.45) is 3.15. The topological polar surface area (TPSA) is 121 Å². The quantitative estimate of drug-likeness (QED) is 0.309. The predicted molar refractivity (Wildman–Crippen MR) is 165 cm³/mol. The molecule has 45 heavy (non-hydrogen) atoms. The van der Waals surface area contributed by atoms with Crippen LogP contribution in [0.1, 0.15) is 44.4 Å². The van der Waals surface area contributed by atoms with Crippen molar-refractivity contribution < 1.29 is 28.5 Å². The van der Waals surface area contributed by atoms with E-state index in [2.05, 4.69) is 16.5 Å². The molecule has 2 N–H and O–H groups in total. The lowest BCUT2D eigenvalue weighted by atomic mass is 9.96.